The second kappa shape index (κ2) is 6.99. The molecule has 2 bridgehead atoms. The number of nitrogens with zero attached hydrogens (tertiary/aromatic N) is 1. The van der Waals surface area contributed by atoms with Gasteiger partial charge in [-0.3, -0.25) is 29.4 Å². The van der Waals surface area contributed by atoms with Crippen molar-refractivity contribution in [3.05, 3.63) is 34.9 Å². The number of hydrogen-bond donors (Lipinski definition) is 3. The van der Waals surface area contributed by atoms with Gasteiger partial charge in [0.05, 0.1) is 11.1 Å². The summed E-state index contributed by atoms with van der Waals surface area (Å²) >= 11 is 0. The Morgan fingerprint density at radius 1 is 1.10 bits per heavy atom. The molecule has 3 fully saturated rings. The predicted octanol–water partition coefficient (Wildman–Crippen LogP) is 0.695. The van der Waals surface area contributed by atoms with Crippen molar-refractivity contribution in [2.24, 2.45) is 17.6 Å². The Labute approximate surface area is 174 Å². The molecule has 30 heavy (non-hydrogen) atoms. The minimum absolute atomic E-state index is 0.0412. The first kappa shape index (κ1) is 19.4. The average Bonchev–Trinajstić information content (AvgIpc) is 3.41. The summed E-state index contributed by atoms with van der Waals surface area (Å²) in [6.45, 7) is 1.17. The van der Waals surface area contributed by atoms with Crippen LogP contribution in [0.4, 0.5) is 0 Å². The predicted molar refractivity (Wildman–Crippen MR) is 107 cm³/mol. The number of carbonyl (C=O) groups excluding carboxylic acids is 4. The highest BCUT2D eigenvalue weighted by Gasteiger charge is 2.50. The third-order valence-electron chi connectivity index (χ3n) is 7.49. The van der Waals surface area contributed by atoms with Gasteiger partial charge < -0.3 is 11.1 Å². The van der Waals surface area contributed by atoms with Crippen LogP contribution >= 0.6 is 0 Å². The maximum Gasteiger partial charge on any atom is 0.262 e. The van der Waals surface area contributed by atoms with E-state index in [1.54, 1.807) is 12.1 Å². The summed E-state index contributed by atoms with van der Waals surface area (Å²) in [5.41, 5.74) is 7.64. The average molecular weight is 410 g/mol. The van der Waals surface area contributed by atoms with E-state index in [9.17, 15) is 19.2 Å². The first-order chi connectivity index (χ1) is 14.4. The zero-order valence-electron chi connectivity index (χ0n) is 16.8. The molecule has 1 aromatic carbocycles. The molecule has 2 heterocycles. The Bertz CT molecular complexity index is 960. The van der Waals surface area contributed by atoms with Gasteiger partial charge in [-0.2, -0.15) is 0 Å². The molecule has 5 rings (SSSR count). The van der Waals surface area contributed by atoms with Crippen LogP contribution < -0.4 is 16.4 Å². The van der Waals surface area contributed by atoms with E-state index in [0.717, 1.165) is 22.8 Å². The van der Waals surface area contributed by atoms with Crippen LogP contribution in [0.15, 0.2) is 18.2 Å². The van der Waals surface area contributed by atoms with Crippen LogP contribution in [0.3, 0.4) is 0 Å². The number of hydrogen-bond acceptors (Lipinski definition) is 6. The Balaban J connectivity index is 1.34. The molecule has 2 aliphatic carbocycles. The first-order valence-corrected chi connectivity index (χ1v) is 10.7. The van der Waals surface area contributed by atoms with E-state index in [1.165, 1.54) is 19.3 Å². The van der Waals surface area contributed by atoms with Crippen LogP contribution in [0.1, 0.15) is 64.8 Å². The summed E-state index contributed by atoms with van der Waals surface area (Å²) < 4.78 is 0. The molecule has 4 atom stereocenters. The molecule has 158 valence electrons. The van der Waals surface area contributed by atoms with Crippen molar-refractivity contribution in [1.82, 2.24) is 15.5 Å². The Morgan fingerprint density at radius 3 is 2.57 bits per heavy atom. The second-order valence-electron chi connectivity index (χ2n) is 9.12. The molecule has 1 saturated heterocycles. The summed E-state index contributed by atoms with van der Waals surface area (Å²) in [4.78, 5) is 50.4. The zero-order chi connectivity index (χ0) is 21.0. The number of piperidine rings is 1. The van der Waals surface area contributed by atoms with Gasteiger partial charge in [0.2, 0.25) is 11.8 Å². The highest BCUT2D eigenvalue weighted by molar-refractivity contribution is 6.23. The highest BCUT2D eigenvalue weighted by Crippen LogP contribution is 2.50. The van der Waals surface area contributed by atoms with Crippen molar-refractivity contribution in [3.63, 3.8) is 0 Å². The van der Waals surface area contributed by atoms with Gasteiger partial charge in [-0.25, -0.2) is 0 Å². The molecule has 8 nitrogen and oxygen atoms in total. The van der Waals surface area contributed by atoms with Gasteiger partial charge >= 0.3 is 0 Å². The second-order valence-corrected chi connectivity index (χ2v) is 9.12. The van der Waals surface area contributed by atoms with Crippen molar-refractivity contribution in [3.8, 4) is 0 Å². The van der Waals surface area contributed by atoms with Crippen molar-refractivity contribution < 1.29 is 19.2 Å². The van der Waals surface area contributed by atoms with Gasteiger partial charge in [-0.15, -0.1) is 0 Å². The molecule has 8 heteroatoms. The van der Waals surface area contributed by atoms with Crippen molar-refractivity contribution in [2.45, 2.75) is 56.7 Å². The van der Waals surface area contributed by atoms with Gasteiger partial charge in [0.1, 0.15) is 6.04 Å². The third kappa shape index (κ3) is 2.89. The number of nitrogens with two attached hydrogens (primary N) is 1. The van der Waals surface area contributed by atoms with E-state index in [0.29, 0.717) is 30.1 Å². The van der Waals surface area contributed by atoms with E-state index in [1.807, 2.05) is 6.07 Å². The largest absolute Gasteiger partial charge is 0.329 e. The fraction of sp³-hybridized carbons (Fsp3) is 0.545. The standard InChI is InChI=1S/C22H26N4O4/c23-11-22(9-12-1-3-14(22)7-12)24-10-13-2-4-15-16(8-13)21(30)26(20(15)29)17-5-6-18(27)25-19(17)28/h2,4,8,12,14,17,24H,1,3,5-7,9-11,23H2,(H,25,27,28). The van der Waals surface area contributed by atoms with E-state index < -0.39 is 23.8 Å². The Hall–Kier alpha value is -2.58. The monoisotopic (exact) mass is 410 g/mol. The summed E-state index contributed by atoms with van der Waals surface area (Å²) in [5.74, 6) is -0.560. The minimum atomic E-state index is -0.939. The highest BCUT2D eigenvalue weighted by atomic mass is 16.2. The lowest BCUT2D eigenvalue weighted by Crippen LogP contribution is -2.54. The molecular formula is C22H26N4O4. The Kier molecular flexibility index (Phi) is 4.52. The van der Waals surface area contributed by atoms with E-state index in [-0.39, 0.29) is 24.3 Å². The maximum absolute atomic E-state index is 13.0. The van der Waals surface area contributed by atoms with Gasteiger partial charge in [0, 0.05) is 25.0 Å². The molecule has 0 radical (unpaired) electrons. The van der Waals surface area contributed by atoms with Gasteiger partial charge in [-0.05, 0) is 55.2 Å². The molecule has 4 unspecified atom stereocenters. The summed E-state index contributed by atoms with van der Waals surface area (Å²) in [6, 6.07) is 4.31. The van der Waals surface area contributed by atoms with Crippen LogP contribution in [0.25, 0.3) is 0 Å². The smallest absolute Gasteiger partial charge is 0.262 e. The SMILES string of the molecule is NCC1(NCc2ccc3c(c2)C(=O)N(C2CCC(=O)NC2=O)C3=O)CC2CCC1C2. The third-order valence-corrected chi connectivity index (χ3v) is 7.49. The summed E-state index contributed by atoms with van der Waals surface area (Å²) in [5, 5.41) is 5.87. The van der Waals surface area contributed by atoms with E-state index in [2.05, 4.69) is 10.6 Å². The van der Waals surface area contributed by atoms with Crippen LogP contribution in [0, 0.1) is 11.8 Å². The lowest BCUT2D eigenvalue weighted by atomic mass is 9.80. The summed E-state index contributed by atoms with van der Waals surface area (Å²) in [6.07, 6.45) is 5.11. The fourth-order valence-electron chi connectivity index (χ4n) is 5.89. The van der Waals surface area contributed by atoms with Crippen LogP contribution in [0.2, 0.25) is 0 Å². The molecule has 4 aliphatic rings. The topological polar surface area (TPSA) is 122 Å². The number of amides is 4. The van der Waals surface area contributed by atoms with Crippen molar-refractivity contribution in [2.75, 3.05) is 6.54 Å². The zero-order valence-corrected chi connectivity index (χ0v) is 16.8. The lowest BCUT2D eigenvalue weighted by molar-refractivity contribution is -0.136. The van der Waals surface area contributed by atoms with Crippen LogP contribution in [0.5, 0.6) is 0 Å². The number of fused-ring (bicyclic) bond motifs is 3. The van der Waals surface area contributed by atoms with Crippen molar-refractivity contribution >= 4 is 23.6 Å². The molecule has 4 N–H and O–H groups in total. The maximum atomic E-state index is 13.0. The van der Waals surface area contributed by atoms with Crippen LogP contribution in [-0.2, 0) is 16.1 Å². The molecule has 1 aromatic rings. The normalized spacial score (nSPS) is 32.7. The first-order valence-electron chi connectivity index (χ1n) is 10.7. The lowest BCUT2D eigenvalue weighted by Gasteiger charge is -2.38. The minimum Gasteiger partial charge on any atom is -0.329 e. The summed E-state index contributed by atoms with van der Waals surface area (Å²) in [7, 11) is 0. The molecular weight excluding hydrogens is 384 g/mol. The number of benzene rings is 1. The number of nitrogens with one attached hydrogen (secondary N) is 2. The van der Waals surface area contributed by atoms with Gasteiger partial charge in [0.15, 0.2) is 0 Å². The van der Waals surface area contributed by atoms with E-state index >= 15 is 0 Å². The number of imide groups is 2. The van der Waals surface area contributed by atoms with Crippen molar-refractivity contribution in [1.29, 1.82) is 0 Å². The quantitative estimate of drug-likeness (QED) is 0.614. The van der Waals surface area contributed by atoms with Crippen LogP contribution in [-0.4, -0.2) is 46.7 Å². The van der Waals surface area contributed by atoms with Gasteiger partial charge in [0.25, 0.3) is 11.8 Å². The molecule has 0 spiro atoms. The fourth-order valence-corrected chi connectivity index (χ4v) is 5.89. The van der Waals surface area contributed by atoms with E-state index in [4.69, 9.17) is 5.73 Å². The number of carbonyl (C=O) groups is 4. The molecule has 4 amide bonds. The Morgan fingerprint density at radius 2 is 1.90 bits per heavy atom. The van der Waals surface area contributed by atoms with Gasteiger partial charge in [-0.1, -0.05) is 12.5 Å². The molecule has 2 saturated carbocycles. The molecule has 0 aromatic heterocycles. The molecule has 2 aliphatic heterocycles. The number of rotatable bonds is 5.